The minimum atomic E-state index is -1.02. The van der Waals surface area contributed by atoms with Gasteiger partial charge in [-0.15, -0.1) is 0 Å². The zero-order chi connectivity index (χ0) is 20.0. The smallest absolute Gasteiger partial charge is 0.336 e. The lowest BCUT2D eigenvalue weighted by molar-refractivity contribution is 0.0699. The Kier molecular flexibility index (Phi) is 4.43. The molecule has 4 rings (SSSR count). The number of carboxylic acids is 1. The SMILES string of the molecule is Cc1ccc(-c2cc(C(=O)O)c3cn(Cc4nc(C)c(C)o4)nc3c2)c(Cl)c1. The van der Waals surface area contributed by atoms with Crippen molar-refractivity contribution >= 4 is 28.5 Å². The summed E-state index contributed by atoms with van der Waals surface area (Å²) in [6.45, 7) is 6.01. The standard InChI is InChI=1S/C21H18ClN3O3/c1-11-4-5-15(18(22)6-11)14-7-16(21(26)27)17-9-25(24-19(17)8-14)10-20-23-12(2)13(3)28-20/h4-9H,10H2,1-3H3,(H,26,27). The molecule has 0 aliphatic rings. The minimum Gasteiger partial charge on any atom is -0.478 e. The number of fused-ring (bicyclic) bond motifs is 1. The first-order valence-corrected chi connectivity index (χ1v) is 9.13. The highest BCUT2D eigenvalue weighted by atomic mass is 35.5. The van der Waals surface area contributed by atoms with Gasteiger partial charge in [0.2, 0.25) is 5.89 Å². The molecule has 0 aliphatic heterocycles. The number of carboxylic acid groups (broad SMARTS) is 1. The lowest BCUT2D eigenvalue weighted by atomic mass is 9.99. The van der Waals surface area contributed by atoms with Crippen molar-refractivity contribution < 1.29 is 14.3 Å². The molecule has 1 N–H and O–H groups in total. The number of aryl methyl sites for hydroxylation is 3. The van der Waals surface area contributed by atoms with Gasteiger partial charge in [-0.25, -0.2) is 9.78 Å². The third kappa shape index (κ3) is 3.27. The molecule has 2 aromatic carbocycles. The molecular formula is C21H18ClN3O3. The van der Waals surface area contributed by atoms with E-state index in [1.807, 2.05) is 45.0 Å². The molecule has 6 nitrogen and oxygen atoms in total. The summed E-state index contributed by atoms with van der Waals surface area (Å²) >= 11 is 6.38. The predicted octanol–water partition coefficient (Wildman–Crippen LogP) is 5.02. The van der Waals surface area contributed by atoms with Crippen molar-refractivity contribution in [2.24, 2.45) is 0 Å². The molecule has 0 fully saturated rings. The number of aromatic nitrogens is 3. The molecule has 142 valence electrons. The molecule has 0 saturated heterocycles. The molecule has 0 radical (unpaired) electrons. The van der Waals surface area contributed by atoms with E-state index in [2.05, 4.69) is 10.1 Å². The van der Waals surface area contributed by atoms with E-state index in [4.69, 9.17) is 16.0 Å². The third-order valence-corrected chi connectivity index (χ3v) is 5.02. The second-order valence-electron chi connectivity index (χ2n) is 6.82. The Morgan fingerprint density at radius 2 is 2.00 bits per heavy atom. The van der Waals surface area contributed by atoms with Crippen LogP contribution in [-0.2, 0) is 6.54 Å². The quantitative estimate of drug-likeness (QED) is 0.525. The van der Waals surface area contributed by atoms with Gasteiger partial charge in [0.05, 0.1) is 16.8 Å². The highest BCUT2D eigenvalue weighted by Gasteiger charge is 2.17. The van der Waals surface area contributed by atoms with Crippen LogP contribution >= 0.6 is 11.6 Å². The van der Waals surface area contributed by atoms with Crippen molar-refractivity contribution in [3.63, 3.8) is 0 Å². The average Bonchev–Trinajstić information content (AvgIpc) is 3.16. The molecule has 0 aliphatic carbocycles. The van der Waals surface area contributed by atoms with E-state index >= 15 is 0 Å². The summed E-state index contributed by atoms with van der Waals surface area (Å²) in [6, 6.07) is 9.17. The van der Waals surface area contributed by atoms with Crippen LogP contribution in [0, 0.1) is 20.8 Å². The normalized spacial score (nSPS) is 11.3. The second-order valence-corrected chi connectivity index (χ2v) is 7.23. The minimum absolute atomic E-state index is 0.176. The number of carbonyl (C=O) groups is 1. The number of aromatic carboxylic acids is 1. The van der Waals surface area contributed by atoms with E-state index in [0.717, 1.165) is 22.6 Å². The third-order valence-electron chi connectivity index (χ3n) is 4.71. The van der Waals surface area contributed by atoms with Crippen LogP contribution in [0.5, 0.6) is 0 Å². The summed E-state index contributed by atoms with van der Waals surface area (Å²) in [4.78, 5) is 16.2. The van der Waals surface area contributed by atoms with Crippen molar-refractivity contribution in [1.82, 2.24) is 14.8 Å². The van der Waals surface area contributed by atoms with Gasteiger partial charge in [-0.2, -0.15) is 5.10 Å². The van der Waals surface area contributed by atoms with Gasteiger partial charge in [0.1, 0.15) is 12.3 Å². The lowest BCUT2D eigenvalue weighted by Gasteiger charge is -2.07. The molecule has 0 bridgehead atoms. The Labute approximate surface area is 166 Å². The van der Waals surface area contributed by atoms with Crippen molar-refractivity contribution in [2.75, 3.05) is 0 Å². The molecule has 2 aromatic heterocycles. The Morgan fingerprint density at radius 3 is 2.64 bits per heavy atom. The molecule has 0 amide bonds. The fourth-order valence-corrected chi connectivity index (χ4v) is 3.53. The van der Waals surface area contributed by atoms with Gasteiger partial charge in [0, 0.05) is 22.2 Å². The average molecular weight is 396 g/mol. The molecule has 4 aromatic rings. The zero-order valence-corrected chi connectivity index (χ0v) is 16.4. The van der Waals surface area contributed by atoms with Crippen molar-refractivity contribution in [3.8, 4) is 11.1 Å². The van der Waals surface area contributed by atoms with Crippen LogP contribution in [0.2, 0.25) is 5.02 Å². The summed E-state index contributed by atoms with van der Waals surface area (Å²) in [5.41, 5.74) is 4.10. The topological polar surface area (TPSA) is 81.1 Å². The van der Waals surface area contributed by atoms with Crippen LogP contribution in [0.3, 0.4) is 0 Å². The monoisotopic (exact) mass is 395 g/mol. The number of rotatable bonds is 4. The van der Waals surface area contributed by atoms with Crippen LogP contribution in [0.4, 0.5) is 0 Å². The van der Waals surface area contributed by atoms with E-state index in [0.29, 0.717) is 33.9 Å². The van der Waals surface area contributed by atoms with Crippen LogP contribution in [0.15, 0.2) is 40.9 Å². The van der Waals surface area contributed by atoms with E-state index in [1.54, 1.807) is 16.9 Å². The molecule has 0 saturated carbocycles. The first-order valence-electron chi connectivity index (χ1n) is 8.76. The van der Waals surface area contributed by atoms with Gasteiger partial charge in [0.15, 0.2) is 0 Å². The second kappa shape index (κ2) is 6.80. The molecular weight excluding hydrogens is 378 g/mol. The predicted molar refractivity (Wildman–Crippen MR) is 107 cm³/mol. The van der Waals surface area contributed by atoms with Crippen LogP contribution in [0.25, 0.3) is 22.0 Å². The van der Waals surface area contributed by atoms with E-state index in [-0.39, 0.29) is 5.56 Å². The van der Waals surface area contributed by atoms with Crippen molar-refractivity contribution in [1.29, 1.82) is 0 Å². The molecule has 2 heterocycles. The molecule has 0 unspecified atom stereocenters. The molecule has 0 atom stereocenters. The highest BCUT2D eigenvalue weighted by molar-refractivity contribution is 6.33. The van der Waals surface area contributed by atoms with Crippen LogP contribution < -0.4 is 0 Å². The maximum atomic E-state index is 11.9. The van der Waals surface area contributed by atoms with E-state index < -0.39 is 5.97 Å². The lowest BCUT2D eigenvalue weighted by Crippen LogP contribution is -2.00. The molecule has 7 heteroatoms. The summed E-state index contributed by atoms with van der Waals surface area (Å²) in [5, 5.41) is 15.4. The highest BCUT2D eigenvalue weighted by Crippen LogP contribution is 2.32. The van der Waals surface area contributed by atoms with Gasteiger partial charge >= 0.3 is 5.97 Å². The van der Waals surface area contributed by atoms with Gasteiger partial charge < -0.3 is 9.52 Å². The molecule has 0 spiro atoms. The fourth-order valence-electron chi connectivity index (χ4n) is 3.19. The number of benzene rings is 2. The van der Waals surface area contributed by atoms with Crippen molar-refractivity contribution in [3.05, 3.63) is 70.0 Å². The van der Waals surface area contributed by atoms with Gasteiger partial charge in [-0.05, 0) is 50.1 Å². The zero-order valence-electron chi connectivity index (χ0n) is 15.7. The van der Waals surface area contributed by atoms with Crippen LogP contribution in [-0.4, -0.2) is 25.8 Å². The summed E-state index contributed by atoms with van der Waals surface area (Å²) in [6.07, 6.45) is 1.70. The maximum absolute atomic E-state index is 11.9. The van der Waals surface area contributed by atoms with Crippen LogP contribution in [0.1, 0.15) is 33.3 Å². The van der Waals surface area contributed by atoms with Gasteiger partial charge in [-0.1, -0.05) is 23.7 Å². The summed E-state index contributed by atoms with van der Waals surface area (Å²) < 4.78 is 7.25. The van der Waals surface area contributed by atoms with Gasteiger partial charge in [-0.3, -0.25) is 4.68 Å². The largest absolute Gasteiger partial charge is 0.478 e. The number of hydrogen-bond donors (Lipinski definition) is 1. The Morgan fingerprint density at radius 1 is 1.21 bits per heavy atom. The number of oxazole rings is 1. The Hall–Kier alpha value is -3.12. The number of hydrogen-bond acceptors (Lipinski definition) is 4. The number of halogens is 1. The molecule has 28 heavy (non-hydrogen) atoms. The number of nitrogens with zero attached hydrogens (tertiary/aromatic N) is 3. The van der Waals surface area contributed by atoms with E-state index in [9.17, 15) is 9.90 Å². The summed E-state index contributed by atoms with van der Waals surface area (Å²) in [5.74, 6) is 0.271. The summed E-state index contributed by atoms with van der Waals surface area (Å²) in [7, 11) is 0. The van der Waals surface area contributed by atoms with Gasteiger partial charge in [0.25, 0.3) is 0 Å². The maximum Gasteiger partial charge on any atom is 0.336 e. The first-order chi connectivity index (χ1) is 13.3. The van der Waals surface area contributed by atoms with E-state index in [1.165, 1.54) is 0 Å². The fraction of sp³-hybridized carbons (Fsp3) is 0.190. The first kappa shape index (κ1) is 18.3. The van der Waals surface area contributed by atoms with Crippen molar-refractivity contribution in [2.45, 2.75) is 27.3 Å². The Balaban J connectivity index is 1.83. The Bertz CT molecular complexity index is 1200.